The van der Waals surface area contributed by atoms with E-state index in [0.717, 1.165) is 35.0 Å². The first-order valence-electron chi connectivity index (χ1n) is 12.3. The summed E-state index contributed by atoms with van der Waals surface area (Å²) in [4.78, 5) is 34.3. The van der Waals surface area contributed by atoms with E-state index in [0.29, 0.717) is 34.9 Å². The molecule has 7 heteroatoms. The SMILES string of the molecule is CCNc1nc2c(C#CC(N)=O)c[nH]c(=O)c2c2cc(-c3cccc(C(C)N4CCCC4)c3)ccc12. The summed E-state index contributed by atoms with van der Waals surface area (Å²) < 4.78 is 0. The fourth-order valence-electron chi connectivity index (χ4n) is 5.04. The highest BCUT2D eigenvalue weighted by Crippen LogP contribution is 2.34. The van der Waals surface area contributed by atoms with Crippen molar-refractivity contribution >= 4 is 33.4 Å². The molecule has 5 rings (SSSR count). The van der Waals surface area contributed by atoms with Gasteiger partial charge in [0.25, 0.3) is 11.5 Å². The number of benzene rings is 2. The first-order valence-corrected chi connectivity index (χ1v) is 12.3. The van der Waals surface area contributed by atoms with E-state index in [-0.39, 0.29) is 5.56 Å². The van der Waals surface area contributed by atoms with Crippen molar-refractivity contribution in [2.45, 2.75) is 32.7 Å². The average molecular weight is 480 g/mol. The summed E-state index contributed by atoms with van der Waals surface area (Å²) in [7, 11) is 0. The number of nitrogens with one attached hydrogen (secondary N) is 2. The molecular formula is C29H29N5O2. The zero-order valence-corrected chi connectivity index (χ0v) is 20.5. The molecule has 2 aromatic heterocycles. The van der Waals surface area contributed by atoms with Crippen LogP contribution in [0.15, 0.2) is 53.5 Å². The smallest absolute Gasteiger partial charge is 0.293 e. The maximum atomic E-state index is 13.0. The van der Waals surface area contributed by atoms with Gasteiger partial charge in [-0.2, -0.15) is 0 Å². The third-order valence-electron chi connectivity index (χ3n) is 6.89. The van der Waals surface area contributed by atoms with Crippen molar-refractivity contribution in [1.82, 2.24) is 14.9 Å². The predicted molar refractivity (Wildman–Crippen MR) is 145 cm³/mol. The highest BCUT2D eigenvalue weighted by molar-refractivity contribution is 6.12. The third kappa shape index (κ3) is 4.43. The number of aromatic amines is 1. The number of pyridine rings is 2. The Hall–Kier alpha value is -4.15. The van der Waals surface area contributed by atoms with E-state index >= 15 is 0 Å². The van der Waals surface area contributed by atoms with Gasteiger partial charge in [0.1, 0.15) is 5.82 Å². The number of anilines is 1. The number of carbonyl (C=O) groups is 1. The fraction of sp³-hybridized carbons (Fsp3) is 0.276. The van der Waals surface area contributed by atoms with Crippen LogP contribution in [0.4, 0.5) is 5.82 Å². The molecule has 1 saturated heterocycles. The van der Waals surface area contributed by atoms with Gasteiger partial charge in [-0.3, -0.25) is 14.5 Å². The number of amides is 1. The Morgan fingerprint density at radius 2 is 1.94 bits per heavy atom. The number of fused-ring (bicyclic) bond motifs is 3. The van der Waals surface area contributed by atoms with E-state index in [9.17, 15) is 9.59 Å². The van der Waals surface area contributed by atoms with Crippen LogP contribution in [0.5, 0.6) is 0 Å². The van der Waals surface area contributed by atoms with E-state index in [4.69, 9.17) is 10.7 Å². The lowest BCUT2D eigenvalue weighted by Crippen LogP contribution is -2.23. The Bertz CT molecular complexity index is 1590. The van der Waals surface area contributed by atoms with Gasteiger partial charge in [-0.05, 0) is 68.6 Å². The number of likely N-dealkylation sites (tertiary alicyclic amines) is 1. The molecule has 2 aromatic carbocycles. The van der Waals surface area contributed by atoms with Crippen molar-refractivity contribution in [2.75, 3.05) is 25.0 Å². The molecule has 1 aliphatic heterocycles. The minimum absolute atomic E-state index is 0.260. The molecule has 36 heavy (non-hydrogen) atoms. The number of hydrogen-bond acceptors (Lipinski definition) is 5. The maximum Gasteiger partial charge on any atom is 0.293 e. The van der Waals surface area contributed by atoms with E-state index in [1.165, 1.54) is 24.6 Å². The summed E-state index contributed by atoms with van der Waals surface area (Å²) in [5.74, 6) is 5.02. The molecule has 1 amide bonds. The number of carbonyl (C=O) groups excluding carboxylic acids is 1. The number of nitrogens with zero attached hydrogens (tertiary/aromatic N) is 2. The summed E-state index contributed by atoms with van der Waals surface area (Å²) in [5.41, 5.74) is 9.23. The number of rotatable bonds is 5. The van der Waals surface area contributed by atoms with Crippen LogP contribution < -0.4 is 16.6 Å². The van der Waals surface area contributed by atoms with Crippen LogP contribution in [0.1, 0.15) is 43.9 Å². The largest absolute Gasteiger partial charge is 0.370 e. The van der Waals surface area contributed by atoms with Crippen LogP contribution >= 0.6 is 0 Å². The van der Waals surface area contributed by atoms with E-state index < -0.39 is 5.91 Å². The lowest BCUT2D eigenvalue weighted by molar-refractivity contribution is -0.112. The first-order chi connectivity index (χ1) is 17.5. The van der Waals surface area contributed by atoms with Gasteiger partial charge in [-0.1, -0.05) is 36.3 Å². The van der Waals surface area contributed by atoms with Crippen LogP contribution in [-0.2, 0) is 4.79 Å². The van der Waals surface area contributed by atoms with Gasteiger partial charge in [0, 0.05) is 35.5 Å². The second-order valence-electron chi connectivity index (χ2n) is 9.16. The molecule has 182 valence electrons. The van der Waals surface area contributed by atoms with Gasteiger partial charge >= 0.3 is 0 Å². The van der Waals surface area contributed by atoms with Gasteiger partial charge in [0.15, 0.2) is 0 Å². The molecular weight excluding hydrogens is 450 g/mol. The zero-order valence-electron chi connectivity index (χ0n) is 20.5. The molecule has 4 N–H and O–H groups in total. The van der Waals surface area contributed by atoms with Gasteiger partial charge in [-0.15, -0.1) is 0 Å². The van der Waals surface area contributed by atoms with Crippen molar-refractivity contribution in [3.63, 3.8) is 0 Å². The van der Waals surface area contributed by atoms with Gasteiger partial charge in [0.05, 0.1) is 16.5 Å². The molecule has 3 heterocycles. The molecule has 0 bridgehead atoms. The van der Waals surface area contributed by atoms with E-state index in [1.54, 1.807) is 0 Å². The van der Waals surface area contributed by atoms with Crippen LogP contribution in [0.25, 0.3) is 32.8 Å². The molecule has 0 spiro atoms. The van der Waals surface area contributed by atoms with Gasteiger partial charge < -0.3 is 16.0 Å². The lowest BCUT2D eigenvalue weighted by Gasteiger charge is -2.24. The van der Waals surface area contributed by atoms with Crippen LogP contribution in [-0.4, -0.2) is 40.4 Å². The van der Waals surface area contributed by atoms with Crippen molar-refractivity contribution < 1.29 is 4.79 Å². The monoisotopic (exact) mass is 479 g/mol. The molecule has 0 saturated carbocycles. The zero-order chi connectivity index (χ0) is 25.2. The first kappa shape index (κ1) is 23.6. The second kappa shape index (κ2) is 9.84. The summed E-state index contributed by atoms with van der Waals surface area (Å²) in [6.45, 7) is 7.19. The number of H-pyrrole nitrogens is 1. The normalized spacial score (nSPS) is 14.5. The van der Waals surface area contributed by atoms with Gasteiger partial charge in [-0.25, -0.2) is 4.98 Å². The van der Waals surface area contributed by atoms with Crippen molar-refractivity contribution in [1.29, 1.82) is 0 Å². The Morgan fingerprint density at radius 1 is 1.17 bits per heavy atom. The highest BCUT2D eigenvalue weighted by Gasteiger charge is 2.20. The molecule has 1 fully saturated rings. The second-order valence-corrected chi connectivity index (χ2v) is 9.16. The van der Waals surface area contributed by atoms with Gasteiger partial charge in [0.2, 0.25) is 0 Å². The average Bonchev–Trinajstić information content (AvgIpc) is 3.43. The molecule has 1 aliphatic rings. The topological polar surface area (TPSA) is 104 Å². The lowest BCUT2D eigenvalue weighted by atomic mass is 9.96. The Morgan fingerprint density at radius 3 is 2.69 bits per heavy atom. The molecule has 7 nitrogen and oxygen atoms in total. The van der Waals surface area contributed by atoms with Crippen LogP contribution in [0.2, 0.25) is 0 Å². The van der Waals surface area contributed by atoms with Crippen LogP contribution in [0.3, 0.4) is 0 Å². The van der Waals surface area contributed by atoms with Crippen molar-refractivity contribution in [3.05, 3.63) is 70.1 Å². The fourth-order valence-corrected chi connectivity index (χ4v) is 5.04. The minimum Gasteiger partial charge on any atom is -0.370 e. The number of hydrogen-bond donors (Lipinski definition) is 3. The van der Waals surface area contributed by atoms with Crippen molar-refractivity contribution in [2.24, 2.45) is 5.73 Å². The molecule has 0 aliphatic carbocycles. The number of aromatic nitrogens is 2. The summed E-state index contributed by atoms with van der Waals surface area (Å²) >= 11 is 0. The maximum absolute atomic E-state index is 13.0. The van der Waals surface area contributed by atoms with E-state index in [1.807, 2.05) is 19.1 Å². The Balaban J connectivity index is 1.70. The molecule has 1 atom stereocenters. The number of primary amides is 1. The Kier molecular flexibility index (Phi) is 6.45. The summed E-state index contributed by atoms with van der Waals surface area (Å²) in [5, 5.41) is 5.36. The molecule has 4 aromatic rings. The predicted octanol–water partition coefficient (Wildman–Crippen LogP) is 4.17. The third-order valence-corrected chi connectivity index (χ3v) is 6.89. The van der Waals surface area contributed by atoms with Crippen molar-refractivity contribution in [3.8, 4) is 23.0 Å². The highest BCUT2D eigenvalue weighted by atomic mass is 16.1. The Labute approximate surface area is 209 Å². The van der Waals surface area contributed by atoms with Crippen LogP contribution in [0, 0.1) is 11.8 Å². The molecule has 1 unspecified atom stereocenters. The van der Waals surface area contributed by atoms with E-state index in [2.05, 4.69) is 64.3 Å². The molecule has 0 radical (unpaired) electrons. The quantitative estimate of drug-likeness (QED) is 0.294. The standard InChI is InChI=1S/C29H29N5O2/c1-3-31-28-23-11-9-21(20-8-6-7-19(15-20)18(2)34-13-4-5-14-34)16-24(23)26-27(33-28)22(10-12-25(30)35)17-32-29(26)36/h6-9,11,15-18H,3-5,13-14H2,1-2H3,(H2,30,35)(H,31,33)(H,32,36). The summed E-state index contributed by atoms with van der Waals surface area (Å²) in [6.07, 6.45) is 3.98. The minimum atomic E-state index is -0.743. The summed E-state index contributed by atoms with van der Waals surface area (Å²) in [6, 6.07) is 15.1. The number of nitrogens with two attached hydrogens (primary N) is 1.